The molecule has 0 spiro atoms. The van der Waals surface area contributed by atoms with E-state index in [4.69, 9.17) is 14.2 Å². The molecule has 1 heterocycles. The first-order valence-corrected chi connectivity index (χ1v) is 11.2. The molecule has 0 radical (unpaired) electrons. The van der Waals surface area contributed by atoms with Gasteiger partial charge in [0.1, 0.15) is 12.2 Å². The van der Waals surface area contributed by atoms with E-state index in [1.165, 1.54) is 32.6 Å². The second-order valence-corrected chi connectivity index (χ2v) is 10.8. The smallest absolute Gasteiger partial charge is 0.305 e. The van der Waals surface area contributed by atoms with Crippen LogP contribution < -0.4 is 0 Å². The third-order valence-corrected chi connectivity index (χ3v) is 9.53. The number of epoxide rings is 1. The van der Waals surface area contributed by atoms with E-state index >= 15 is 0 Å². The number of esters is 2. The van der Waals surface area contributed by atoms with Crippen LogP contribution in [-0.4, -0.2) is 29.9 Å². The number of ether oxygens (including phenoxy) is 3. The summed E-state index contributed by atoms with van der Waals surface area (Å²) in [6.45, 7) is 7.88. The zero-order valence-electron chi connectivity index (χ0n) is 17.7. The lowest BCUT2D eigenvalue weighted by atomic mass is 9.45. The Bertz CT molecular complexity index is 705. The highest BCUT2D eigenvalue weighted by Gasteiger charge is 2.71. The van der Waals surface area contributed by atoms with Gasteiger partial charge in [-0.2, -0.15) is 0 Å². The molecule has 1 aliphatic heterocycles. The molecule has 5 aliphatic rings. The predicted octanol–water partition coefficient (Wildman–Crippen LogP) is 4.23. The standard InChI is InChI=1S/C23H34O5/c1-13(24)26-19-8-7-17-16-6-5-15-11-23(27-14(2)25)20(28-23)12-22(15,4)18(16)9-10-21(17,19)3/h15-20H,5-12H2,1-4H3/t15-,16-,17-,18-,19-,20+,21-,22-,23-/m0/s1. The SMILES string of the molecule is CC(=O)O[C@H]1CC[C@H]2[C@@H]3CC[C@H]4C[C@]5(OC(C)=O)O[C@@H]5C[C@]4(C)[C@H]3CC[C@]12C. The second-order valence-electron chi connectivity index (χ2n) is 10.8. The quantitative estimate of drug-likeness (QED) is 0.521. The molecule has 5 fully saturated rings. The molecule has 1 saturated heterocycles. The van der Waals surface area contributed by atoms with E-state index in [0.717, 1.165) is 31.6 Å². The summed E-state index contributed by atoms with van der Waals surface area (Å²) in [4.78, 5) is 23.2. The highest BCUT2D eigenvalue weighted by atomic mass is 16.8. The van der Waals surface area contributed by atoms with E-state index in [9.17, 15) is 9.59 Å². The number of hydrogen-bond donors (Lipinski definition) is 0. The highest BCUT2D eigenvalue weighted by Crippen LogP contribution is 2.69. The lowest BCUT2D eigenvalue weighted by Gasteiger charge is -2.60. The van der Waals surface area contributed by atoms with Crippen molar-refractivity contribution in [2.24, 2.45) is 34.5 Å². The van der Waals surface area contributed by atoms with E-state index < -0.39 is 5.79 Å². The number of carbonyl (C=O) groups is 2. The summed E-state index contributed by atoms with van der Waals surface area (Å²) in [6, 6.07) is 0. The first-order chi connectivity index (χ1) is 13.2. The Morgan fingerprint density at radius 3 is 2.36 bits per heavy atom. The first kappa shape index (κ1) is 18.9. The van der Waals surface area contributed by atoms with Crippen molar-refractivity contribution in [2.45, 2.75) is 97.1 Å². The minimum Gasteiger partial charge on any atom is -0.462 e. The van der Waals surface area contributed by atoms with Crippen molar-refractivity contribution in [3.63, 3.8) is 0 Å². The molecule has 5 nitrogen and oxygen atoms in total. The summed E-state index contributed by atoms with van der Waals surface area (Å²) < 4.78 is 17.4. The lowest BCUT2D eigenvalue weighted by molar-refractivity contribution is -0.171. The van der Waals surface area contributed by atoms with Crippen LogP contribution in [0.4, 0.5) is 0 Å². The van der Waals surface area contributed by atoms with Crippen LogP contribution in [0.2, 0.25) is 0 Å². The van der Waals surface area contributed by atoms with E-state index in [1.54, 1.807) is 6.92 Å². The molecule has 5 rings (SSSR count). The Hall–Kier alpha value is -1.10. The number of rotatable bonds is 2. The van der Waals surface area contributed by atoms with Crippen LogP contribution in [0.1, 0.15) is 79.1 Å². The Balaban J connectivity index is 1.37. The van der Waals surface area contributed by atoms with Crippen molar-refractivity contribution in [1.82, 2.24) is 0 Å². The van der Waals surface area contributed by atoms with E-state index in [-0.39, 0.29) is 35.0 Å². The highest BCUT2D eigenvalue weighted by molar-refractivity contribution is 5.67. The van der Waals surface area contributed by atoms with Gasteiger partial charge in [0.15, 0.2) is 0 Å². The molecule has 0 N–H and O–H groups in total. The first-order valence-electron chi connectivity index (χ1n) is 11.2. The minimum absolute atomic E-state index is 0.0853. The summed E-state index contributed by atoms with van der Waals surface area (Å²) in [5.74, 6) is 1.69. The van der Waals surface area contributed by atoms with Gasteiger partial charge < -0.3 is 14.2 Å². The minimum atomic E-state index is -0.611. The Kier molecular flexibility index (Phi) is 4.02. The van der Waals surface area contributed by atoms with Crippen LogP contribution in [-0.2, 0) is 23.8 Å². The molecule has 4 saturated carbocycles. The molecule has 0 aromatic rings. The zero-order valence-corrected chi connectivity index (χ0v) is 17.7. The maximum atomic E-state index is 11.6. The zero-order chi connectivity index (χ0) is 19.9. The van der Waals surface area contributed by atoms with Gasteiger partial charge in [0.25, 0.3) is 0 Å². The van der Waals surface area contributed by atoms with Gasteiger partial charge in [0, 0.05) is 25.7 Å². The second kappa shape index (κ2) is 5.96. The fraction of sp³-hybridized carbons (Fsp3) is 0.913. The van der Waals surface area contributed by atoms with Gasteiger partial charge in [-0.15, -0.1) is 0 Å². The summed E-state index contributed by atoms with van der Waals surface area (Å²) in [5, 5.41) is 0. The Morgan fingerprint density at radius 1 is 0.893 bits per heavy atom. The molecule has 28 heavy (non-hydrogen) atoms. The normalized spacial score (nSPS) is 53.9. The molecule has 0 bridgehead atoms. The molecule has 156 valence electrons. The predicted molar refractivity (Wildman–Crippen MR) is 102 cm³/mol. The topological polar surface area (TPSA) is 65.1 Å². The monoisotopic (exact) mass is 390 g/mol. The molecule has 4 aliphatic carbocycles. The average molecular weight is 391 g/mol. The van der Waals surface area contributed by atoms with Crippen LogP contribution in [0.15, 0.2) is 0 Å². The van der Waals surface area contributed by atoms with Gasteiger partial charge >= 0.3 is 11.9 Å². The average Bonchev–Trinajstić information content (AvgIpc) is 3.15. The molecule has 0 aromatic carbocycles. The summed E-state index contributed by atoms with van der Waals surface area (Å²) in [5.41, 5.74) is 0.414. The fourth-order valence-corrected chi connectivity index (χ4v) is 8.24. The van der Waals surface area contributed by atoms with Gasteiger partial charge in [-0.3, -0.25) is 9.59 Å². The summed E-state index contributed by atoms with van der Waals surface area (Å²) >= 11 is 0. The Morgan fingerprint density at radius 2 is 1.64 bits per heavy atom. The van der Waals surface area contributed by atoms with Crippen LogP contribution in [0.25, 0.3) is 0 Å². The van der Waals surface area contributed by atoms with Crippen molar-refractivity contribution in [3.05, 3.63) is 0 Å². The Labute approximate surface area is 167 Å². The third-order valence-electron chi connectivity index (χ3n) is 9.53. The van der Waals surface area contributed by atoms with E-state index in [2.05, 4.69) is 13.8 Å². The van der Waals surface area contributed by atoms with Gasteiger partial charge in [-0.25, -0.2) is 0 Å². The number of hydrogen-bond acceptors (Lipinski definition) is 5. The maximum Gasteiger partial charge on any atom is 0.305 e. The molecular weight excluding hydrogens is 356 g/mol. The van der Waals surface area contributed by atoms with Crippen LogP contribution in [0, 0.1) is 34.5 Å². The van der Waals surface area contributed by atoms with Gasteiger partial charge in [-0.05, 0) is 74.0 Å². The van der Waals surface area contributed by atoms with Gasteiger partial charge in [0.05, 0.1) is 0 Å². The molecule has 9 atom stereocenters. The van der Waals surface area contributed by atoms with Gasteiger partial charge in [0.2, 0.25) is 5.79 Å². The molecule has 0 aromatic heterocycles. The largest absolute Gasteiger partial charge is 0.462 e. The van der Waals surface area contributed by atoms with Crippen LogP contribution in [0.5, 0.6) is 0 Å². The summed E-state index contributed by atoms with van der Waals surface area (Å²) in [6.07, 6.45) is 9.09. The van der Waals surface area contributed by atoms with E-state index in [0.29, 0.717) is 17.8 Å². The number of carbonyl (C=O) groups excluding carboxylic acids is 2. The van der Waals surface area contributed by atoms with Crippen molar-refractivity contribution in [1.29, 1.82) is 0 Å². The summed E-state index contributed by atoms with van der Waals surface area (Å²) in [7, 11) is 0. The van der Waals surface area contributed by atoms with Crippen molar-refractivity contribution >= 4 is 11.9 Å². The van der Waals surface area contributed by atoms with Crippen molar-refractivity contribution < 1.29 is 23.8 Å². The van der Waals surface area contributed by atoms with Crippen LogP contribution in [0.3, 0.4) is 0 Å². The molecular formula is C23H34O5. The van der Waals surface area contributed by atoms with Gasteiger partial charge in [-0.1, -0.05) is 13.8 Å². The molecule has 5 heteroatoms. The number of fused-ring (bicyclic) bond motifs is 6. The maximum absolute atomic E-state index is 11.6. The molecule has 0 amide bonds. The third kappa shape index (κ3) is 2.54. The lowest BCUT2D eigenvalue weighted by Crippen LogP contribution is -2.55. The van der Waals surface area contributed by atoms with Crippen LogP contribution >= 0.6 is 0 Å². The van der Waals surface area contributed by atoms with E-state index in [1.807, 2.05) is 0 Å². The molecule has 0 unspecified atom stereocenters. The van der Waals surface area contributed by atoms with Crippen molar-refractivity contribution in [2.75, 3.05) is 0 Å². The van der Waals surface area contributed by atoms with Crippen molar-refractivity contribution in [3.8, 4) is 0 Å². The fourth-order valence-electron chi connectivity index (χ4n) is 8.24.